The van der Waals surface area contributed by atoms with E-state index in [4.69, 9.17) is 10.1 Å². The second kappa shape index (κ2) is 11.8. The number of para-hydroxylation sites is 1. The molecular formula is C28H40N8. The summed E-state index contributed by atoms with van der Waals surface area (Å²) in [5.41, 5.74) is 4.08. The van der Waals surface area contributed by atoms with Gasteiger partial charge in [-0.3, -0.25) is 0 Å². The molecule has 2 fully saturated rings. The highest BCUT2D eigenvalue weighted by atomic mass is 15.3. The van der Waals surface area contributed by atoms with Gasteiger partial charge in [-0.05, 0) is 58.0 Å². The molecule has 2 N–H and O–H groups in total. The van der Waals surface area contributed by atoms with Crippen LogP contribution in [0.15, 0.2) is 42.6 Å². The predicted octanol–water partition coefficient (Wildman–Crippen LogP) is 4.43. The smallest absolute Gasteiger partial charge is 0.223 e. The van der Waals surface area contributed by atoms with E-state index in [1.807, 2.05) is 23.0 Å². The van der Waals surface area contributed by atoms with Crippen LogP contribution in [0.5, 0.6) is 0 Å². The largest absolute Gasteiger partial charge is 0.368 e. The zero-order chi connectivity index (χ0) is 24.7. The Balaban J connectivity index is 1.34. The lowest BCUT2D eigenvalue weighted by Gasteiger charge is -2.32. The summed E-state index contributed by atoms with van der Waals surface area (Å²) in [4.78, 5) is 14.4. The van der Waals surface area contributed by atoms with Crippen LogP contribution >= 0.6 is 0 Å². The SMILES string of the molecule is Cc1c(-c2ccnc(NC3CCCCC3)n2)c(NCCCN2CCN(C)CC2)nn1-c1ccccc1. The van der Waals surface area contributed by atoms with Gasteiger partial charge in [0.15, 0.2) is 5.82 Å². The lowest BCUT2D eigenvalue weighted by Crippen LogP contribution is -2.44. The van der Waals surface area contributed by atoms with E-state index in [1.54, 1.807) is 0 Å². The number of likely N-dealkylation sites (N-methyl/N-ethyl adjacent to an activating group) is 1. The third-order valence-corrected chi connectivity index (χ3v) is 7.51. The molecule has 0 amide bonds. The molecule has 1 aliphatic heterocycles. The lowest BCUT2D eigenvalue weighted by atomic mass is 9.96. The van der Waals surface area contributed by atoms with Crippen LogP contribution in [0.25, 0.3) is 16.9 Å². The minimum absolute atomic E-state index is 0.467. The average molecular weight is 489 g/mol. The van der Waals surface area contributed by atoms with Gasteiger partial charge in [-0.2, -0.15) is 0 Å². The Morgan fingerprint density at radius 3 is 2.53 bits per heavy atom. The highest BCUT2D eigenvalue weighted by Crippen LogP contribution is 2.32. The first kappa shape index (κ1) is 24.7. The number of hydrogen-bond donors (Lipinski definition) is 2. The van der Waals surface area contributed by atoms with Crippen molar-refractivity contribution in [1.29, 1.82) is 0 Å². The summed E-state index contributed by atoms with van der Waals surface area (Å²) in [5, 5.41) is 12.2. The van der Waals surface area contributed by atoms with Crippen molar-refractivity contribution in [2.24, 2.45) is 0 Å². The van der Waals surface area contributed by atoms with Crippen molar-refractivity contribution in [3.63, 3.8) is 0 Å². The van der Waals surface area contributed by atoms with Crippen molar-refractivity contribution in [3.05, 3.63) is 48.3 Å². The summed E-state index contributed by atoms with van der Waals surface area (Å²) >= 11 is 0. The van der Waals surface area contributed by atoms with E-state index in [-0.39, 0.29) is 0 Å². The second-order valence-electron chi connectivity index (χ2n) is 10.2. The van der Waals surface area contributed by atoms with Crippen LogP contribution in [0.3, 0.4) is 0 Å². The van der Waals surface area contributed by atoms with Gasteiger partial charge in [0.25, 0.3) is 0 Å². The highest BCUT2D eigenvalue weighted by molar-refractivity contribution is 5.76. The van der Waals surface area contributed by atoms with Crippen molar-refractivity contribution in [2.45, 2.75) is 51.5 Å². The van der Waals surface area contributed by atoms with Crippen LogP contribution in [-0.2, 0) is 0 Å². The van der Waals surface area contributed by atoms with Gasteiger partial charge in [0.1, 0.15) is 0 Å². The van der Waals surface area contributed by atoms with Crippen LogP contribution in [0.2, 0.25) is 0 Å². The van der Waals surface area contributed by atoms with Gasteiger partial charge in [0.2, 0.25) is 5.95 Å². The fourth-order valence-electron chi connectivity index (χ4n) is 5.33. The zero-order valence-corrected chi connectivity index (χ0v) is 21.8. The third kappa shape index (κ3) is 6.05. The highest BCUT2D eigenvalue weighted by Gasteiger charge is 2.21. The molecule has 2 aliphatic rings. The normalized spacial score (nSPS) is 17.8. The maximum absolute atomic E-state index is 5.00. The summed E-state index contributed by atoms with van der Waals surface area (Å²) in [6.45, 7) is 8.73. The molecule has 1 aliphatic carbocycles. The Kier molecular flexibility index (Phi) is 8.13. The summed E-state index contributed by atoms with van der Waals surface area (Å²) < 4.78 is 2.02. The average Bonchev–Trinajstić information content (AvgIpc) is 3.25. The summed E-state index contributed by atoms with van der Waals surface area (Å²) in [6, 6.07) is 12.8. The van der Waals surface area contributed by atoms with Gasteiger partial charge in [-0.1, -0.05) is 37.5 Å². The van der Waals surface area contributed by atoms with E-state index < -0.39 is 0 Å². The molecular weight excluding hydrogens is 448 g/mol. The van der Waals surface area contributed by atoms with Gasteiger partial charge in [0.05, 0.1) is 22.6 Å². The predicted molar refractivity (Wildman–Crippen MR) is 147 cm³/mol. The molecule has 5 rings (SSSR count). The number of aromatic nitrogens is 4. The Labute approximate surface area is 215 Å². The second-order valence-corrected chi connectivity index (χ2v) is 10.2. The van der Waals surface area contributed by atoms with Gasteiger partial charge in [-0.15, -0.1) is 5.10 Å². The van der Waals surface area contributed by atoms with Gasteiger partial charge < -0.3 is 20.4 Å². The quantitative estimate of drug-likeness (QED) is 0.432. The molecule has 1 saturated heterocycles. The molecule has 0 bridgehead atoms. The fourth-order valence-corrected chi connectivity index (χ4v) is 5.33. The molecule has 3 aromatic rings. The molecule has 192 valence electrons. The lowest BCUT2D eigenvalue weighted by molar-refractivity contribution is 0.154. The summed E-state index contributed by atoms with van der Waals surface area (Å²) in [5.74, 6) is 1.60. The molecule has 8 heteroatoms. The molecule has 1 aromatic carbocycles. The minimum Gasteiger partial charge on any atom is -0.368 e. The molecule has 0 spiro atoms. The zero-order valence-electron chi connectivity index (χ0n) is 21.8. The number of nitrogens with one attached hydrogen (secondary N) is 2. The molecule has 0 unspecified atom stereocenters. The Morgan fingerprint density at radius 1 is 0.972 bits per heavy atom. The van der Waals surface area contributed by atoms with Crippen LogP contribution in [0.4, 0.5) is 11.8 Å². The molecule has 2 aromatic heterocycles. The van der Waals surface area contributed by atoms with Gasteiger partial charge >= 0.3 is 0 Å². The van der Waals surface area contributed by atoms with E-state index in [2.05, 4.69) is 63.7 Å². The van der Waals surface area contributed by atoms with E-state index in [0.29, 0.717) is 12.0 Å². The van der Waals surface area contributed by atoms with Crippen molar-refractivity contribution in [1.82, 2.24) is 29.5 Å². The number of benzene rings is 1. The Hall–Kier alpha value is -2.97. The monoisotopic (exact) mass is 488 g/mol. The number of hydrogen-bond acceptors (Lipinski definition) is 7. The number of anilines is 2. The molecule has 1 saturated carbocycles. The number of rotatable bonds is 9. The van der Waals surface area contributed by atoms with E-state index in [0.717, 1.165) is 74.1 Å². The molecule has 8 nitrogen and oxygen atoms in total. The molecule has 0 radical (unpaired) electrons. The third-order valence-electron chi connectivity index (χ3n) is 7.51. The minimum atomic E-state index is 0.467. The fraction of sp³-hybridized carbons (Fsp3) is 0.536. The van der Waals surface area contributed by atoms with Crippen molar-refractivity contribution in [3.8, 4) is 16.9 Å². The molecule has 36 heavy (non-hydrogen) atoms. The van der Waals surface area contributed by atoms with Crippen molar-refractivity contribution in [2.75, 3.05) is 56.9 Å². The van der Waals surface area contributed by atoms with Gasteiger partial charge in [0, 0.05) is 45.0 Å². The van der Waals surface area contributed by atoms with Crippen molar-refractivity contribution >= 4 is 11.8 Å². The molecule has 3 heterocycles. The Bertz CT molecular complexity index is 1100. The molecule has 0 atom stereocenters. The van der Waals surface area contributed by atoms with E-state index >= 15 is 0 Å². The van der Waals surface area contributed by atoms with Gasteiger partial charge in [-0.25, -0.2) is 14.6 Å². The Morgan fingerprint density at radius 2 is 1.75 bits per heavy atom. The first-order valence-corrected chi connectivity index (χ1v) is 13.6. The van der Waals surface area contributed by atoms with Crippen LogP contribution in [0.1, 0.15) is 44.2 Å². The number of nitrogens with zero attached hydrogens (tertiary/aromatic N) is 6. The van der Waals surface area contributed by atoms with Crippen LogP contribution in [-0.4, -0.2) is 81.9 Å². The van der Waals surface area contributed by atoms with Crippen LogP contribution < -0.4 is 10.6 Å². The van der Waals surface area contributed by atoms with E-state index in [1.165, 1.54) is 32.1 Å². The van der Waals surface area contributed by atoms with Crippen LogP contribution in [0, 0.1) is 6.92 Å². The summed E-state index contributed by atoms with van der Waals surface area (Å²) in [6.07, 6.45) is 9.23. The van der Waals surface area contributed by atoms with Crippen molar-refractivity contribution < 1.29 is 0 Å². The maximum Gasteiger partial charge on any atom is 0.223 e. The first-order valence-electron chi connectivity index (χ1n) is 13.6. The number of piperazine rings is 1. The van der Waals surface area contributed by atoms with E-state index in [9.17, 15) is 0 Å². The first-order chi connectivity index (χ1) is 17.7. The standard InChI is InChI=1S/C28H40N8/c1-22-26(25-14-16-30-28(32-25)31-23-10-5-3-6-11-23)27(33-36(22)24-12-7-4-8-13-24)29-15-9-17-35-20-18-34(2)19-21-35/h4,7-8,12-14,16,23H,3,5-6,9-11,15,17-21H2,1-2H3,(H,29,33)(H,30,31,32). The topological polar surface area (TPSA) is 74.1 Å². The summed E-state index contributed by atoms with van der Waals surface area (Å²) in [7, 11) is 2.20. The maximum atomic E-state index is 5.00.